The van der Waals surface area contributed by atoms with Gasteiger partial charge < -0.3 is 20.1 Å². The van der Waals surface area contributed by atoms with E-state index in [2.05, 4.69) is 35.8 Å². The second kappa shape index (κ2) is 9.87. The molecule has 24 heavy (non-hydrogen) atoms. The van der Waals surface area contributed by atoms with E-state index >= 15 is 0 Å². The first kappa shape index (κ1) is 19.0. The summed E-state index contributed by atoms with van der Waals surface area (Å²) in [6.45, 7) is 11.2. The largest absolute Gasteiger partial charge is 0.493 e. The summed E-state index contributed by atoms with van der Waals surface area (Å²) in [6, 6.07) is 6.46. The Balaban J connectivity index is 2.09. The maximum absolute atomic E-state index is 6.12. The summed E-state index contributed by atoms with van der Waals surface area (Å²) < 4.78 is 11.3. The lowest BCUT2D eigenvalue weighted by atomic mass is 10.0. The molecule has 0 radical (unpaired) electrons. The molecular formula is C19H33N3O2. The van der Waals surface area contributed by atoms with Crippen LogP contribution in [0.25, 0.3) is 0 Å². The number of nitrogens with zero attached hydrogens (tertiary/aromatic N) is 2. The standard InChI is InChI=1S/C19H33N3O2/c1-4-8-21-9-11-22(12-10-21)17(15-20)16-6-7-18(23-3)19(14-16)24-13-5-2/h6-7,14,17H,4-5,8-13,15,20H2,1-3H3. The summed E-state index contributed by atoms with van der Waals surface area (Å²) >= 11 is 0. The SMILES string of the molecule is CCCOc1cc(C(CN)N2CCN(CCC)CC2)ccc1OC. The van der Waals surface area contributed by atoms with Crippen LogP contribution >= 0.6 is 0 Å². The number of rotatable bonds is 9. The lowest BCUT2D eigenvalue weighted by Gasteiger charge is -2.39. The number of nitrogens with two attached hydrogens (primary N) is 1. The average Bonchev–Trinajstić information content (AvgIpc) is 2.62. The lowest BCUT2D eigenvalue weighted by molar-refractivity contribution is 0.0984. The van der Waals surface area contributed by atoms with Gasteiger partial charge in [0.25, 0.3) is 0 Å². The first-order chi connectivity index (χ1) is 11.7. The lowest BCUT2D eigenvalue weighted by Crippen LogP contribution is -2.49. The number of hydrogen-bond acceptors (Lipinski definition) is 5. The minimum Gasteiger partial charge on any atom is -0.493 e. The Morgan fingerprint density at radius 2 is 1.83 bits per heavy atom. The minimum absolute atomic E-state index is 0.239. The van der Waals surface area contributed by atoms with Crippen molar-refractivity contribution in [1.29, 1.82) is 0 Å². The molecule has 5 heteroatoms. The fraction of sp³-hybridized carbons (Fsp3) is 0.684. The van der Waals surface area contributed by atoms with Crippen molar-refractivity contribution in [1.82, 2.24) is 9.80 Å². The van der Waals surface area contributed by atoms with Crippen LogP contribution in [0.3, 0.4) is 0 Å². The molecule has 5 nitrogen and oxygen atoms in total. The van der Waals surface area contributed by atoms with E-state index in [9.17, 15) is 0 Å². The van der Waals surface area contributed by atoms with Crippen molar-refractivity contribution < 1.29 is 9.47 Å². The van der Waals surface area contributed by atoms with E-state index in [0.29, 0.717) is 13.2 Å². The van der Waals surface area contributed by atoms with Crippen LogP contribution < -0.4 is 15.2 Å². The van der Waals surface area contributed by atoms with E-state index in [0.717, 1.165) is 44.1 Å². The van der Waals surface area contributed by atoms with Crippen molar-refractivity contribution in [3.63, 3.8) is 0 Å². The zero-order valence-corrected chi connectivity index (χ0v) is 15.5. The summed E-state index contributed by atoms with van der Waals surface area (Å²) in [5.41, 5.74) is 7.34. The first-order valence-corrected chi connectivity index (χ1v) is 9.20. The summed E-state index contributed by atoms with van der Waals surface area (Å²) in [7, 11) is 1.68. The van der Waals surface area contributed by atoms with E-state index in [-0.39, 0.29) is 6.04 Å². The van der Waals surface area contributed by atoms with Crippen molar-refractivity contribution in [2.75, 3.05) is 53.0 Å². The van der Waals surface area contributed by atoms with Gasteiger partial charge in [0.15, 0.2) is 11.5 Å². The molecule has 0 saturated carbocycles. The molecule has 1 aromatic carbocycles. The van der Waals surface area contributed by atoms with Crippen molar-refractivity contribution in [3.05, 3.63) is 23.8 Å². The van der Waals surface area contributed by atoms with Gasteiger partial charge in [0, 0.05) is 38.8 Å². The smallest absolute Gasteiger partial charge is 0.161 e. The van der Waals surface area contributed by atoms with Crippen LogP contribution in [0.1, 0.15) is 38.3 Å². The van der Waals surface area contributed by atoms with E-state index in [1.165, 1.54) is 18.5 Å². The number of methoxy groups -OCH3 is 1. The van der Waals surface area contributed by atoms with Gasteiger partial charge >= 0.3 is 0 Å². The molecule has 0 amide bonds. The van der Waals surface area contributed by atoms with Gasteiger partial charge in [-0.3, -0.25) is 4.90 Å². The molecule has 1 aromatic rings. The number of ether oxygens (including phenoxy) is 2. The van der Waals surface area contributed by atoms with E-state index < -0.39 is 0 Å². The predicted molar refractivity (Wildman–Crippen MR) is 98.9 cm³/mol. The Morgan fingerprint density at radius 3 is 2.42 bits per heavy atom. The Kier molecular flexibility index (Phi) is 7.82. The van der Waals surface area contributed by atoms with Crippen molar-refractivity contribution >= 4 is 0 Å². The van der Waals surface area contributed by atoms with Gasteiger partial charge in [-0.15, -0.1) is 0 Å². The minimum atomic E-state index is 0.239. The van der Waals surface area contributed by atoms with Crippen molar-refractivity contribution in [2.24, 2.45) is 5.73 Å². The summed E-state index contributed by atoms with van der Waals surface area (Å²) in [4.78, 5) is 5.03. The Labute approximate surface area is 146 Å². The highest BCUT2D eigenvalue weighted by atomic mass is 16.5. The Morgan fingerprint density at radius 1 is 1.08 bits per heavy atom. The quantitative estimate of drug-likeness (QED) is 0.751. The molecule has 0 aliphatic carbocycles. The molecule has 1 unspecified atom stereocenters. The predicted octanol–water partition coefficient (Wildman–Crippen LogP) is 2.51. The molecule has 1 aliphatic rings. The summed E-state index contributed by atoms with van der Waals surface area (Å²) in [6.07, 6.45) is 2.20. The molecule has 0 aromatic heterocycles. The van der Waals surface area contributed by atoms with Crippen LogP contribution in [0.5, 0.6) is 11.5 Å². The number of benzene rings is 1. The normalized spacial score (nSPS) is 17.7. The maximum Gasteiger partial charge on any atom is 0.161 e. The van der Waals surface area contributed by atoms with Crippen molar-refractivity contribution in [3.8, 4) is 11.5 Å². The topological polar surface area (TPSA) is 51.0 Å². The second-order valence-electron chi connectivity index (χ2n) is 6.39. The molecule has 1 saturated heterocycles. The first-order valence-electron chi connectivity index (χ1n) is 9.20. The molecule has 136 valence electrons. The highest BCUT2D eigenvalue weighted by Crippen LogP contribution is 2.32. The molecule has 2 rings (SSSR count). The third-order valence-corrected chi connectivity index (χ3v) is 4.64. The molecule has 2 N–H and O–H groups in total. The van der Waals surface area contributed by atoms with Gasteiger partial charge in [0.2, 0.25) is 0 Å². The van der Waals surface area contributed by atoms with Crippen molar-refractivity contribution in [2.45, 2.75) is 32.7 Å². The fourth-order valence-corrected chi connectivity index (χ4v) is 3.34. The highest BCUT2D eigenvalue weighted by Gasteiger charge is 2.24. The third-order valence-electron chi connectivity index (χ3n) is 4.64. The number of piperazine rings is 1. The van der Waals surface area contributed by atoms with Gasteiger partial charge in [0.1, 0.15) is 0 Å². The van der Waals surface area contributed by atoms with Crippen LogP contribution in [0.2, 0.25) is 0 Å². The number of hydrogen-bond donors (Lipinski definition) is 1. The molecule has 1 atom stereocenters. The van der Waals surface area contributed by atoms with Crippen LogP contribution in [0.4, 0.5) is 0 Å². The van der Waals surface area contributed by atoms with Gasteiger partial charge in [-0.2, -0.15) is 0 Å². The molecule has 0 spiro atoms. The molecule has 1 aliphatic heterocycles. The Hall–Kier alpha value is -1.30. The van der Waals surface area contributed by atoms with E-state index in [1.807, 2.05) is 6.07 Å². The molecular weight excluding hydrogens is 302 g/mol. The Bertz CT molecular complexity index is 488. The fourth-order valence-electron chi connectivity index (χ4n) is 3.34. The maximum atomic E-state index is 6.12. The summed E-state index contributed by atoms with van der Waals surface area (Å²) in [5, 5.41) is 0. The van der Waals surface area contributed by atoms with Crippen LogP contribution in [0.15, 0.2) is 18.2 Å². The highest BCUT2D eigenvalue weighted by molar-refractivity contribution is 5.44. The van der Waals surface area contributed by atoms with Crippen LogP contribution in [0, 0.1) is 0 Å². The molecule has 1 fully saturated rings. The van der Waals surface area contributed by atoms with E-state index in [1.54, 1.807) is 7.11 Å². The zero-order valence-electron chi connectivity index (χ0n) is 15.5. The molecule has 1 heterocycles. The summed E-state index contributed by atoms with van der Waals surface area (Å²) in [5.74, 6) is 1.61. The van der Waals surface area contributed by atoms with E-state index in [4.69, 9.17) is 15.2 Å². The van der Waals surface area contributed by atoms with Gasteiger partial charge in [-0.25, -0.2) is 0 Å². The second-order valence-corrected chi connectivity index (χ2v) is 6.39. The monoisotopic (exact) mass is 335 g/mol. The van der Waals surface area contributed by atoms with Crippen LogP contribution in [-0.4, -0.2) is 62.8 Å². The van der Waals surface area contributed by atoms with Gasteiger partial charge in [-0.1, -0.05) is 19.9 Å². The van der Waals surface area contributed by atoms with Gasteiger partial charge in [-0.05, 0) is 37.1 Å². The third kappa shape index (κ3) is 4.85. The average molecular weight is 335 g/mol. The zero-order chi connectivity index (χ0) is 17.4. The van der Waals surface area contributed by atoms with Crippen LogP contribution in [-0.2, 0) is 0 Å². The van der Waals surface area contributed by atoms with Gasteiger partial charge in [0.05, 0.1) is 13.7 Å². The molecule has 0 bridgehead atoms.